The Morgan fingerprint density at radius 3 is 1.06 bits per heavy atom. The number of aliphatic hydroxyl groups is 2. The third kappa shape index (κ3) is 25.7. The summed E-state index contributed by atoms with van der Waals surface area (Å²) in [7, 11) is 0. The van der Waals surface area contributed by atoms with Gasteiger partial charge in [-0.2, -0.15) is 0 Å². The molecule has 8 heteroatoms. The molecular weight excluding hydrogens is 645 g/mol. The second-order valence-electron chi connectivity index (χ2n) is 16.6. The molecule has 0 aromatic carbocycles. The van der Waals surface area contributed by atoms with Crippen LogP contribution in [0.2, 0.25) is 0 Å². The summed E-state index contributed by atoms with van der Waals surface area (Å²) < 4.78 is 0. The zero-order valence-electron chi connectivity index (χ0n) is 35.4. The first-order valence-corrected chi connectivity index (χ1v) is 23.1. The fourth-order valence-corrected chi connectivity index (χ4v) is 8.54. The molecule has 6 atom stereocenters. The van der Waals surface area contributed by atoms with Gasteiger partial charge in [-0.25, -0.2) is 0 Å². The van der Waals surface area contributed by atoms with Gasteiger partial charge in [0.15, 0.2) is 0 Å². The van der Waals surface area contributed by atoms with Crippen LogP contribution in [0.4, 0.5) is 0 Å². The smallest absolute Gasteiger partial charge is 0.0665 e. The van der Waals surface area contributed by atoms with E-state index in [0.29, 0.717) is 37.3 Å². The van der Waals surface area contributed by atoms with E-state index in [2.05, 4.69) is 48.1 Å². The molecule has 1 aliphatic rings. The van der Waals surface area contributed by atoms with E-state index < -0.39 is 0 Å². The number of hydrogen-bond donors (Lipinski definition) is 6. The Hall–Kier alpha value is -0.320. The third-order valence-electron chi connectivity index (χ3n) is 12.1. The van der Waals surface area contributed by atoms with Crippen LogP contribution < -0.4 is 22.1 Å². The van der Waals surface area contributed by atoms with Crippen molar-refractivity contribution in [3.63, 3.8) is 0 Å². The Balaban J connectivity index is 2.42. The van der Waals surface area contributed by atoms with Crippen LogP contribution in [0.15, 0.2) is 0 Å². The van der Waals surface area contributed by atoms with Crippen molar-refractivity contribution in [1.29, 1.82) is 0 Å². The fraction of sp³-hybridized carbons (Fsp3) is 1.00. The highest BCUT2D eigenvalue weighted by Crippen LogP contribution is 2.22. The molecule has 6 unspecified atom stereocenters. The van der Waals surface area contributed by atoms with E-state index in [4.69, 9.17) is 11.5 Å². The van der Waals surface area contributed by atoms with Gasteiger partial charge in [-0.05, 0) is 63.5 Å². The molecule has 1 aliphatic heterocycles. The molecule has 312 valence electrons. The van der Waals surface area contributed by atoms with Crippen LogP contribution in [-0.4, -0.2) is 96.9 Å². The first kappa shape index (κ1) is 49.7. The zero-order valence-corrected chi connectivity index (χ0v) is 35.4. The molecule has 52 heavy (non-hydrogen) atoms. The van der Waals surface area contributed by atoms with Gasteiger partial charge in [0, 0.05) is 39.3 Å². The number of nitrogens with zero attached hydrogens (tertiary/aromatic N) is 2. The lowest BCUT2D eigenvalue weighted by Crippen LogP contribution is -2.58. The summed E-state index contributed by atoms with van der Waals surface area (Å²) in [5.41, 5.74) is 11.6. The van der Waals surface area contributed by atoms with Gasteiger partial charge in [-0.1, -0.05) is 156 Å². The van der Waals surface area contributed by atoms with E-state index >= 15 is 0 Å². The molecule has 8 N–H and O–H groups in total. The highest BCUT2D eigenvalue weighted by Gasteiger charge is 2.26. The Labute approximate surface area is 324 Å². The van der Waals surface area contributed by atoms with Gasteiger partial charge >= 0.3 is 0 Å². The van der Waals surface area contributed by atoms with Crippen LogP contribution in [-0.2, 0) is 0 Å². The van der Waals surface area contributed by atoms with Crippen LogP contribution in [0.3, 0.4) is 0 Å². The number of rotatable bonds is 38. The number of hydrogen-bond acceptors (Lipinski definition) is 8. The summed E-state index contributed by atoms with van der Waals surface area (Å²) in [5.74, 6) is 1.09. The number of unbranched alkanes of at least 4 members (excludes halogenated alkanes) is 16. The molecule has 1 fully saturated rings. The number of nitrogens with one attached hydrogen (secondary N) is 2. The summed E-state index contributed by atoms with van der Waals surface area (Å²) in [6.07, 6.45) is 33.1. The first-order chi connectivity index (χ1) is 25.4. The molecule has 0 aliphatic carbocycles. The molecule has 0 spiro atoms. The molecule has 1 rings (SSSR count). The summed E-state index contributed by atoms with van der Waals surface area (Å²) in [6.45, 7) is 16.3. The van der Waals surface area contributed by atoms with E-state index in [9.17, 15) is 10.2 Å². The molecule has 0 bridgehead atoms. The van der Waals surface area contributed by atoms with E-state index in [0.717, 1.165) is 77.8 Å². The fourth-order valence-electron chi connectivity index (χ4n) is 8.54. The van der Waals surface area contributed by atoms with Crippen molar-refractivity contribution in [2.45, 2.75) is 219 Å². The van der Waals surface area contributed by atoms with Crippen LogP contribution in [0.5, 0.6) is 0 Å². The van der Waals surface area contributed by atoms with E-state index in [1.807, 2.05) is 0 Å². The maximum absolute atomic E-state index is 10.4. The van der Waals surface area contributed by atoms with Gasteiger partial charge in [0.1, 0.15) is 0 Å². The van der Waals surface area contributed by atoms with Crippen molar-refractivity contribution in [3.05, 3.63) is 0 Å². The predicted molar refractivity (Wildman–Crippen MR) is 227 cm³/mol. The SMILES string of the molecule is CCCCCCCCCCCC(CCNC(CC)N1CCN(C(CC)NCCC(CCCCCCCCCCC)CC(O)CN)CC1)CC(O)CN. The van der Waals surface area contributed by atoms with Crippen molar-refractivity contribution in [3.8, 4) is 0 Å². The van der Waals surface area contributed by atoms with E-state index in [-0.39, 0.29) is 12.2 Å². The predicted octanol–water partition coefficient (Wildman–Crippen LogP) is 8.53. The number of nitrogens with two attached hydrogens (primary N) is 2. The summed E-state index contributed by atoms with van der Waals surface area (Å²) in [5, 5.41) is 28.5. The van der Waals surface area contributed by atoms with Crippen molar-refractivity contribution in [2.75, 3.05) is 52.4 Å². The lowest BCUT2D eigenvalue weighted by molar-refractivity contribution is 0.0441. The van der Waals surface area contributed by atoms with E-state index in [1.54, 1.807) is 0 Å². The molecule has 1 saturated heterocycles. The molecule has 0 radical (unpaired) electrons. The van der Waals surface area contributed by atoms with Crippen molar-refractivity contribution in [2.24, 2.45) is 23.3 Å². The van der Waals surface area contributed by atoms with Gasteiger partial charge in [0.2, 0.25) is 0 Å². The second-order valence-corrected chi connectivity index (χ2v) is 16.6. The molecular formula is C44H94N6O2. The molecule has 0 saturated carbocycles. The van der Waals surface area contributed by atoms with Gasteiger partial charge < -0.3 is 32.3 Å². The Morgan fingerprint density at radius 2 is 0.769 bits per heavy atom. The average Bonchev–Trinajstić information content (AvgIpc) is 3.16. The van der Waals surface area contributed by atoms with Crippen LogP contribution >= 0.6 is 0 Å². The number of aliphatic hydroxyl groups excluding tert-OH is 2. The van der Waals surface area contributed by atoms with Crippen LogP contribution in [0.25, 0.3) is 0 Å². The second kappa shape index (κ2) is 35.1. The maximum Gasteiger partial charge on any atom is 0.0665 e. The van der Waals surface area contributed by atoms with Gasteiger partial charge in [-0.15, -0.1) is 0 Å². The Kier molecular flexibility index (Phi) is 33.6. The summed E-state index contributed by atoms with van der Waals surface area (Å²) >= 11 is 0. The standard InChI is InChI=1S/C44H94N6O2/c1-5-9-11-13-15-17-19-21-23-25-39(35-41(51)37-45)27-29-47-43(7-3)49-31-33-50(34-32-49)44(8-4)48-30-28-40(36-42(52)38-46)26-24-22-20-18-16-14-12-10-6-2/h39-44,47-48,51-52H,5-38,45-46H2,1-4H3. The van der Waals surface area contributed by atoms with Crippen molar-refractivity contribution < 1.29 is 10.2 Å². The van der Waals surface area contributed by atoms with Crippen molar-refractivity contribution >= 4 is 0 Å². The highest BCUT2D eigenvalue weighted by molar-refractivity contribution is 4.81. The minimum Gasteiger partial charge on any atom is -0.392 e. The minimum absolute atomic E-state index is 0.370. The highest BCUT2D eigenvalue weighted by atomic mass is 16.3. The third-order valence-corrected chi connectivity index (χ3v) is 12.1. The Bertz CT molecular complexity index is 680. The maximum atomic E-state index is 10.4. The molecule has 0 aromatic heterocycles. The van der Waals surface area contributed by atoms with Crippen molar-refractivity contribution in [1.82, 2.24) is 20.4 Å². The average molecular weight is 739 g/mol. The van der Waals surface area contributed by atoms with Crippen LogP contribution in [0.1, 0.15) is 195 Å². The van der Waals surface area contributed by atoms with Crippen LogP contribution in [0, 0.1) is 11.8 Å². The molecule has 8 nitrogen and oxygen atoms in total. The van der Waals surface area contributed by atoms with Gasteiger partial charge in [0.05, 0.1) is 24.5 Å². The Morgan fingerprint density at radius 1 is 0.462 bits per heavy atom. The molecule has 0 aromatic rings. The normalized spacial score (nSPS) is 18.0. The lowest BCUT2D eigenvalue weighted by Gasteiger charge is -2.42. The molecule has 1 heterocycles. The first-order valence-electron chi connectivity index (χ1n) is 23.1. The zero-order chi connectivity index (χ0) is 38.1. The lowest BCUT2D eigenvalue weighted by atomic mass is 9.91. The summed E-state index contributed by atoms with van der Waals surface area (Å²) in [4.78, 5) is 5.31. The minimum atomic E-state index is -0.373. The van der Waals surface area contributed by atoms with Gasteiger partial charge in [0.25, 0.3) is 0 Å². The quantitative estimate of drug-likeness (QED) is 0.0349. The van der Waals surface area contributed by atoms with Gasteiger partial charge in [-0.3, -0.25) is 9.80 Å². The monoisotopic (exact) mass is 739 g/mol. The molecule has 0 amide bonds. The topological polar surface area (TPSA) is 123 Å². The summed E-state index contributed by atoms with van der Waals surface area (Å²) in [6, 6.07) is 0. The number of piperazine rings is 1. The largest absolute Gasteiger partial charge is 0.392 e. The van der Waals surface area contributed by atoms with E-state index in [1.165, 1.54) is 128 Å².